The summed E-state index contributed by atoms with van der Waals surface area (Å²) in [5.41, 5.74) is 0. The first-order valence-corrected chi connectivity index (χ1v) is 4.72. The molecule has 0 aromatic carbocycles. The fraction of sp³-hybridized carbons (Fsp3) is 1.00. The highest BCUT2D eigenvalue weighted by Crippen LogP contribution is 2.47. The summed E-state index contributed by atoms with van der Waals surface area (Å²) in [5, 5.41) is 0. The Morgan fingerprint density at radius 2 is 2.00 bits per heavy atom. The van der Waals surface area contributed by atoms with Crippen LogP contribution in [0.2, 0.25) is 0 Å². The summed E-state index contributed by atoms with van der Waals surface area (Å²) >= 11 is 9.99. The SMILES string of the molecule is FC(F)COP(Cl)Cl. The van der Waals surface area contributed by atoms with Crippen molar-refractivity contribution in [3.63, 3.8) is 0 Å². The minimum absolute atomic E-state index is 0.682. The smallest absolute Gasteiger partial charge is 0.262 e. The van der Waals surface area contributed by atoms with Gasteiger partial charge in [0.1, 0.15) is 6.61 Å². The van der Waals surface area contributed by atoms with E-state index in [0.29, 0.717) is 0 Å². The number of hydrogen-bond acceptors (Lipinski definition) is 1. The second-order valence-corrected chi connectivity index (χ2v) is 3.91. The van der Waals surface area contributed by atoms with Crippen molar-refractivity contribution in [2.45, 2.75) is 6.43 Å². The fourth-order valence-corrected chi connectivity index (χ4v) is 0.676. The predicted molar refractivity (Wildman–Crippen MR) is 30.6 cm³/mol. The fourth-order valence-electron chi connectivity index (χ4n) is 0.113. The molecule has 1 nitrogen and oxygen atoms in total. The van der Waals surface area contributed by atoms with Crippen LogP contribution in [0.4, 0.5) is 8.78 Å². The van der Waals surface area contributed by atoms with Crippen molar-refractivity contribution in [2.24, 2.45) is 0 Å². The van der Waals surface area contributed by atoms with Crippen molar-refractivity contribution < 1.29 is 13.3 Å². The predicted octanol–water partition coefficient (Wildman–Crippen LogP) is 2.97. The van der Waals surface area contributed by atoms with E-state index >= 15 is 0 Å². The third-order valence-corrected chi connectivity index (χ3v) is 1.23. The van der Waals surface area contributed by atoms with Gasteiger partial charge in [-0.05, 0) is 22.5 Å². The Balaban J connectivity index is 2.93. The van der Waals surface area contributed by atoms with Crippen LogP contribution in [0.3, 0.4) is 0 Å². The van der Waals surface area contributed by atoms with Gasteiger partial charge < -0.3 is 4.52 Å². The van der Waals surface area contributed by atoms with Crippen LogP contribution in [0.5, 0.6) is 0 Å². The van der Waals surface area contributed by atoms with E-state index in [1.165, 1.54) is 0 Å². The molecule has 0 bridgehead atoms. The van der Waals surface area contributed by atoms with E-state index in [4.69, 9.17) is 22.5 Å². The van der Waals surface area contributed by atoms with Crippen molar-refractivity contribution in [3.05, 3.63) is 0 Å². The average molecular weight is 183 g/mol. The molecular weight excluding hydrogens is 180 g/mol. The maximum Gasteiger partial charge on any atom is 0.262 e. The zero-order valence-corrected chi connectivity index (χ0v) is 6.06. The largest absolute Gasteiger partial charge is 0.326 e. The van der Waals surface area contributed by atoms with Crippen LogP contribution in [0.15, 0.2) is 0 Å². The first-order valence-electron chi connectivity index (χ1n) is 1.65. The van der Waals surface area contributed by atoms with Gasteiger partial charge >= 0.3 is 0 Å². The number of alkyl halides is 2. The van der Waals surface area contributed by atoms with Gasteiger partial charge in [-0.3, -0.25) is 0 Å². The quantitative estimate of drug-likeness (QED) is 0.611. The highest BCUT2D eigenvalue weighted by Gasteiger charge is 2.05. The van der Waals surface area contributed by atoms with E-state index in [9.17, 15) is 8.78 Å². The van der Waals surface area contributed by atoms with E-state index in [1.54, 1.807) is 0 Å². The van der Waals surface area contributed by atoms with Gasteiger partial charge in [-0.25, -0.2) is 8.78 Å². The highest BCUT2D eigenvalue weighted by atomic mass is 35.9. The molecule has 0 spiro atoms. The summed E-state index contributed by atoms with van der Waals surface area (Å²) in [6.07, 6.45) is -2.49. The third-order valence-electron chi connectivity index (χ3n) is 0.298. The maximum absolute atomic E-state index is 11.2. The van der Waals surface area contributed by atoms with Gasteiger partial charge in [-0.15, -0.1) is 0 Å². The molecule has 0 unspecified atom stereocenters. The molecule has 0 aromatic rings. The normalized spacial score (nSPS) is 11.2. The zero-order chi connectivity index (χ0) is 6.57. The first kappa shape index (κ1) is 8.83. The Hall–Kier alpha value is 0.830. The van der Waals surface area contributed by atoms with Crippen LogP contribution in [0.25, 0.3) is 0 Å². The summed E-state index contributed by atoms with van der Waals surface area (Å²) in [5.74, 6) is 0. The first-order chi connectivity index (χ1) is 3.63. The molecule has 0 atom stereocenters. The van der Waals surface area contributed by atoms with E-state index in [0.717, 1.165) is 0 Å². The summed E-state index contributed by atoms with van der Waals surface area (Å²) in [7, 11) is 0. The van der Waals surface area contributed by atoms with Crippen molar-refractivity contribution in [2.75, 3.05) is 6.61 Å². The molecule has 0 saturated carbocycles. The topological polar surface area (TPSA) is 9.23 Å². The molecule has 0 aliphatic rings. The molecule has 0 rings (SSSR count). The minimum atomic E-state index is -2.49. The average Bonchev–Trinajstić information content (AvgIpc) is 1.61. The summed E-state index contributed by atoms with van der Waals surface area (Å²) in [6, 6.07) is 0. The van der Waals surface area contributed by atoms with Crippen LogP contribution in [0.1, 0.15) is 0 Å². The summed E-state index contributed by atoms with van der Waals surface area (Å²) in [4.78, 5) is 0. The summed E-state index contributed by atoms with van der Waals surface area (Å²) < 4.78 is 26.5. The maximum atomic E-state index is 11.2. The Kier molecular flexibility index (Phi) is 5.17. The molecular formula is C2H3Cl2F2OP. The molecule has 0 N–H and O–H groups in total. The number of rotatable bonds is 3. The molecule has 0 aliphatic heterocycles. The Morgan fingerprint density at radius 1 is 1.50 bits per heavy atom. The van der Waals surface area contributed by atoms with Crippen molar-refractivity contribution >= 4 is 29.3 Å². The molecule has 0 saturated heterocycles. The van der Waals surface area contributed by atoms with Gasteiger partial charge in [-0.2, -0.15) is 0 Å². The van der Waals surface area contributed by atoms with E-state index in [-0.39, 0.29) is 0 Å². The highest BCUT2D eigenvalue weighted by molar-refractivity contribution is 8.00. The molecule has 50 valence electrons. The molecule has 0 fully saturated rings. The standard InChI is InChI=1S/C2H3Cl2F2OP/c3-8(4)7-1-2(5)6/h2H,1H2. The van der Waals surface area contributed by atoms with Gasteiger partial charge in [0.25, 0.3) is 6.43 Å². The molecule has 8 heavy (non-hydrogen) atoms. The Labute approximate surface area is 56.3 Å². The summed E-state index contributed by atoms with van der Waals surface area (Å²) in [6.45, 7) is -2.35. The van der Waals surface area contributed by atoms with Gasteiger partial charge in [-0.1, -0.05) is 0 Å². The molecule has 0 amide bonds. The van der Waals surface area contributed by atoms with E-state index < -0.39 is 19.9 Å². The third kappa shape index (κ3) is 6.83. The zero-order valence-electron chi connectivity index (χ0n) is 3.65. The minimum Gasteiger partial charge on any atom is -0.326 e. The van der Waals surface area contributed by atoms with Gasteiger partial charge in [0.05, 0.1) is 0 Å². The Bertz CT molecular complexity index is 54.0. The van der Waals surface area contributed by atoms with Crippen molar-refractivity contribution in [1.82, 2.24) is 0 Å². The number of halogens is 4. The molecule has 0 heterocycles. The van der Waals surface area contributed by atoms with Crippen molar-refractivity contribution in [1.29, 1.82) is 0 Å². The van der Waals surface area contributed by atoms with Gasteiger partial charge in [0, 0.05) is 0 Å². The molecule has 0 aromatic heterocycles. The van der Waals surface area contributed by atoms with Crippen LogP contribution < -0.4 is 0 Å². The van der Waals surface area contributed by atoms with Gasteiger partial charge in [0.15, 0.2) is 0 Å². The van der Waals surface area contributed by atoms with Crippen LogP contribution in [-0.4, -0.2) is 13.0 Å². The second kappa shape index (κ2) is 4.68. The van der Waals surface area contributed by atoms with Gasteiger partial charge in [0.2, 0.25) is 6.85 Å². The monoisotopic (exact) mass is 182 g/mol. The number of hydrogen-bond donors (Lipinski definition) is 0. The van der Waals surface area contributed by atoms with Crippen LogP contribution in [-0.2, 0) is 4.52 Å². The van der Waals surface area contributed by atoms with Crippen LogP contribution >= 0.6 is 29.3 Å². The van der Waals surface area contributed by atoms with E-state index in [1.807, 2.05) is 0 Å². The molecule has 0 aliphatic carbocycles. The lowest BCUT2D eigenvalue weighted by Crippen LogP contribution is -1.97. The van der Waals surface area contributed by atoms with Crippen LogP contribution in [0, 0.1) is 0 Å². The molecule has 0 radical (unpaired) electrons. The molecule has 6 heteroatoms. The lowest BCUT2D eigenvalue weighted by atomic mass is 10.8. The van der Waals surface area contributed by atoms with E-state index in [2.05, 4.69) is 4.52 Å². The lowest BCUT2D eigenvalue weighted by Gasteiger charge is -1.99. The van der Waals surface area contributed by atoms with Crippen molar-refractivity contribution in [3.8, 4) is 0 Å². The Morgan fingerprint density at radius 3 is 2.12 bits per heavy atom. The lowest BCUT2D eigenvalue weighted by molar-refractivity contribution is 0.0903. The second-order valence-electron chi connectivity index (χ2n) is 0.889.